The Bertz CT molecular complexity index is 637. The first kappa shape index (κ1) is 34.3. The van der Waals surface area contributed by atoms with Crippen LogP contribution in [0.2, 0.25) is 0 Å². The van der Waals surface area contributed by atoms with E-state index in [9.17, 15) is 9.90 Å². The van der Waals surface area contributed by atoms with Crippen LogP contribution in [-0.4, -0.2) is 39.5 Å². The van der Waals surface area contributed by atoms with Crippen molar-refractivity contribution < 1.29 is 60.2 Å². The number of carbonyl (C=O) groups excluding carboxylic acids is 1. The Morgan fingerprint density at radius 2 is 1.41 bits per heavy atom. The zero-order chi connectivity index (χ0) is 22.9. The molecule has 160 valence electrons. The fourth-order valence-electron chi connectivity index (χ4n) is 2.34. The molecule has 0 fully saturated rings. The standard InChI is InChI=1S/C16H24O6.3CO.Cr/c1-9(2)7-10(17)13-11(19-3)8-12(20-4)14(15(13)21-5)16(18)22-6;3*1-2;/h8-10,17H,7H2,1-6H3;;;;. The fourth-order valence-corrected chi connectivity index (χ4v) is 2.34. The van der Waals surface area contributed by atoms with Gasteiger partial charge in [-0.3, -0.25) is 0 Å². The van der Waals surface area contributed by atoms with Crippen LogP contribution in [0.3, 0.4) is 0 Å². The molecule has 0 amide bonds. The summed E-state index contributed by atoms with van der Waals surface area (Å²) in [4.78, 5) is 12.1. The minimum Gasteiger partial charge on any atom is 0 e. The van der Waals surface area contributed by atoms with Crippen molar-refractivity contribution in [3.63, 3.8) is 0 Å². The average molecular weight is 448 g/mol. The molecule has 1 atom stereocenters. The number of aliphatic hydroxyl groups is 1. The molecule has 29 heavy (non-hydrogen) atoms. The van der Waals surface area contributed by atoms with Crippen LogP contribution >= 0.6 is 0 Å². The molecule has 0 bridgehead atoms. The molecule has 1 aromatic rings. The van der Waals surface area contributed by atoms with Gasteiger partial charge in [-0.15, -0.1) is 0 Å². The molecule has 9 nitrogen and oxygen atoms in total. The molecule has 1 N–H and O–H groups in total. The van der Waals surface area contributed by atoms with E-state index in [0.29, 0.717) is 17.7 Å². The molecule has 0 spiro atoms. The number of ether oxygens (including phenoxy) is 4. The molecule has 1 aromatic carbocycles. The molecule has 1 rings (SSSR count). The van der Waals surface area contributed by atoms with Crippen molar-refractivity contribution in [1.82, 2.24) is 0 Å². The van der Waals surface area contributed by atoms with E-state index in [1.54, 1.807) is 6.07 Å². The topological polar surface area (TPSA) is 134 Å². The van der Waals surface area contributed by atoms with Crippen molar-refractivity contribution in [3.8, 4) is 17.2 Å². The maximum Gasteiger partial charge on any atom is 0 e. The van der Waals surface area contributed by atoms with E-state index in [4.69, 9.17) is 32.9 Å². The van der Waals surface area contributed by atoms with Crippen LogP contribution in [-0.2, 0) is 36.1 Å². The second-order valence-electron chi connectivity index (χ2n) is 5.24. The van der Waals surface area contributed by atoms with E-state index in [2.05, 4.69) is 20.0 Å². The van der Waals surface area contributed by atoms with Gasteiger partial charge < -0.3 is 24.1 Å². The SMILES string of the molecule is COC(=O)c1c(OC)cc(OC)c(C(O)CC(C)C)c1OC.[C-]#[O+].[C-]#[O+].[C-]#[O+].[Cr]. The van der Waals surface area contributed by atoms with Gasteiger partial charge in [-0.2, -0.15) is 0 Å². The molecule has 1 unspecified atom stereocenters. The molecule has 0 aliphatic carbocycles. The molecular formula is C19H24CrO9. The number of rotatable bonds is 7. The molecule has 0 aliphatic heterocycles. The number of carbonyl (C=O) groups is 1. The summed E-state index contributed by atoms with van der Waals surface area (Å²) in [6, 6.07) is 1.55. The van der Waals surface area contributed by atoms with Crippen LogP contribution in [0.25, 0.3) is 0 Å². The minimum atomic E-state index is -0.834. The third-order valence-electron chi connectivity index (χ3n) is 3.31. The number of hydrogen-bond acceptors (Lipinski definition) is 6. The van der Waals surface area contributed by atoms with Gasteiger partial charge in [0.05, 0.1) is 40.1 Å². The van der Waals surface area contributed by atoms with E-state index in [0.717, 1.165) is 0 Å². The third kappa shape index (κ3) is 10.2. The first-order chi connectivity index (χ1) is 13.4. The van der Waals surface area contributed by atoms with Gasteiger partial charge in [0.15, 0.2) is 0 Å². The normalized spacial score (nSPS) is 9.31. The molecule has 0 saturated heterocycles. The summed E-state index contributed by atoms with van der Waals surface area (Å²) in [5, 5.41) is 10.5. The third-order valence-corrected chi connectivity index (χ3v) is 3.31. The summed E-state index contributed by atoms with van der Waals surface area (Å²) in [5.41, 5.74) is 0.547. The Labute approximate surface area is 181 Å². The Kier molecular flexibility index (Phi) is 24.3. The second kappa shape index (κ2) is 20.5. The van der Waals surface area contributed by atoms with E-state index in [-0.39, 0.29) is 40.3 Å². The van der Waals surface area contributed by atoms with Crippen LogP contribution in [0.15, 0.2) is 6.07 Å². The van der Waals surface area contributed by atoms with Crippen LogP contribution < -0.4 is 14.2 Å². The van der Waals surface area contributed by atoms with Crippen LogP contribution in [0.1, 0.15) is 42.3 Å². The number of aliphatic hydroxyl groups excluding tert-OH is 1. The van der Waals surface area contributed by atoms with Crippen LogP contribution in [0.5, 0.6) is 17.2 Å². The molecule has 0 saturated carbocycles. The van der Waals surface area contributed by atoms with Gasteiger partial charge in [0.2, 0.25) is 0 Å². The van der Waals surface area contributed by atoms with Crippen molar-refractivity contribution in [1.29, 1.82) is 0 Å². The monoisotopic (exact) mass is 448 g/mol. The Hall–Kier alpha value is -2.20. The molecule has 0 heterocycles. The van der Waals surface area contributed by atoms with Crippen molar-refractivity contribution in [2.45, 2.75) is 26.4 Å². The molecule has 0 aliphatic rings. The van der Waals surface area contributed by atoms with E-state index < -0.39 is 12.1 Å². The molecular weight excluding hydrogens is 424 g/mol. The number of methoxy groups -OCH3 is 4. The van der Waals surface area contributed by atoms with Gasteiger partial charge in [0.1, 0.15) is 22.8 Å². The Morgan fingerprint density at radius 3 is 1.72 bits per heavy atom. The predicted octanol–water partition coefficient (Wildman–Crippen LogP) is 2.46. The van der Waals surface area contributed by atoms with E-state index in [1.165, 1.54) is 28.4 Å². The van der Waals surface area contributed by atoms with Gasteiger partial charge in [0.25, 0.3) is 0 Å². The first-order valence-corrected chi connectivity index (χ1v) is 7.61. The average Bonchev–Trinajstić information content (AvgIpc) is 2.75. The number of hydrogen-bond donors (Lipinski definition) is 1. The van der Waals surface area contributed by atoms with Gasteiger partial charge in [-0.05, 0) is 12.3 Å². The summed E-state index contributed by atoms with van der Waals surface area (Å²) in [5.74, 6) is 0.522. The zero-order valence-corrected chi connectivity index (χ0v) is 18.3. The molecule has 10 heteroatoms. The molecule has 0 radical (unpaired) electrons. The summed E-state index contributed by atoms with van der Waals surface area (Å²) < 4.78 is 43.2. The minimum absolute atomic E-state index is 0. The molecule has 0 aromatic heterocycles. The Balaban J connectivity index is -0.000000407. The number of benzene rings is 1. The van der Waals surface area contributed by atoms with E-state index >= 15 is 0 Å². The van der Waals surface area contributed by atoms with Crippen molar-refractivity contribution >= 4 is 5.97 Å². The van der Waals surface area contributed by atoms with Crippen molar-refractivity contribution in [2.75, 3.05) is 28.4 Å². The van der Waals surface area contributed by atoms with Gasteiger partial charge in [0, 0.05) is 23.4 Å². The Morgan fingerprint density at radius 1 is 0.966 bits per heavy atom. The van der Waals surface area contributed by atoms with Crippen molar-refractivity contribution in [2.24, 2.45) is 5.92 Å². The van der Waals surface area contributed by atoms with Crippen LogP contribution in [0.4, 0.5) is 0 Å². The summed E-state index contributed by atoms with van der Waals surface area (Å²) >= 11 is 0. The zero-order valence-electron chi connectivity index (χ0n) is 17.1. The quantitative estimate of drug-likeness (QED) is 0.387. The second-order valence-corrected chi connectivity index (χ2v) is 5.24. The predicted molar refractivity (Wildman–Crippen MR) is 93.6 cm³/mol. The maximum absolute atomic E-state index is 12.1. The summed E-state index contributed by atoms with van der Waals surface area (Å²) in [6.45, 7) is 17.5. The van der Waals surface area contributed by atoms with Gasteiger partial charge in [-0.25, -0.2) is 4.79 Å². The number of esters is 1. The summed E-state index contributed by atoms with van der Waals surface area (Å²) in [6.07, 6.45) is -0.334. The van der Waals surface area contributed by atoms with E-state index in [1.807, 2.05) is 13.8 Å². The van der Waals surface area contributed by atoms with Crippen LogP contribution in [0, 0.1) is 25.9 Å². The largest absolute Gasteiger partial charge is 0 e. The maximum atomic E-state index is 12.1. The fraction of sp³-hybridized carbons (Fsp3) is 0.474. The van der Waals surface area contributed by atoms with Crippen molar-refractivity contribution in [3.05, 3.63) is 37.1 Å². The first-order valence-electron chi connectivity index (χ1n) is 7.61. The van der Waals surface area contributed by atoms with Gasteiger partial charge in [-0.1, -0.05) is 13.8 Å². The summed E-state index contributed by atoms with van der Waals surface area (Å²) in [7, 11) is 5.62. The smallest absolute Gasteiger partial charge is 0 e. The van der Waals surface area contributed by atoms with Gasteiger partial charge >= 0.3 is 39.9 Å².